The Morgan fingerprint density at radius 1 is 1.26 bits per heavy atom. The highest BCUT2D eigenvalue weighted by Crippen LogP contribution is 2.19. The number of carbonyl (C=O) groups excluding carboxylic acids is 2. The van der Waals surface area contributed by atoms with Gasteiger partial charge in [-0.05, 0) is 12.5 Å². The van der Waals surface area contributed by atoms with Crippen LogP contribution in [0.15, 0.2) is 39.3 Å². The number of aromatic nitrogens is 3. The lowest BCUT2D eigenvalue weighted by molar-refractivity contribution is -0.173. The topological polar surface area (TPSA) is 134 Å². The van der Waals surface area contributed by atoms with Crippen molar-refractivity contribution in [1.82, 2.24) is 19.9 Å². The predicted molar refractivity (Wildman–Crippen MR) is 87.3 cm³/mol. The van der Waals surface area contributed by atoms with Crippen LogP contribution in [0.3, 0.4) is 0 Å². The summed E-state index contributed by atoms with van der Waals surface area (Å²) in [6, 6.07) is -0.727. The van der Waals surface area contributed by atoms with E-state index in [2.05, 4.69) is 11.6 Å². The monoisotopic (exact) mass is 386 g/mol. The van der Waals surface area contributed by atoms with Gasteiger partial charge >= 0.3 is 11.9 Å². The number of ketones is 1. The summed E-state index contributed by atoms with van der Waals surface area (Å²) in [6.45, 7) is 2.49. The lowest BCUT2D eigenvalue weighted by Crippen LogP contribution is -2.47. The number of rotatable bonds is 6. The van der Waals surface area contributed by atoms with Gasteiger partial charge in [0, 0.05) is 6.20 Å². The van der Waals surface area contributed by atoms with Crippen molar-refractivity contribution in [1.29, 1.82) is 0 Å². The van der Waals surface area contributed by atoms with Crippen molar-refractivity contribution in [2.24, 2.45) is 0 Å². The first-order chi connectivity index (χ1) is 12.5. The predicted octanol–water partition coefficient (Wildman–Crippen LogP) is -0.430. The summed E-state index contributed by atoms with van der Waals surface area (Å²) in [5.41, 5.74) is -3.03. The molecule has 1 atom stereocenters. The van der Waals surface area contributed by atoms with E-state index in [4.69, 9.17) is 0 Å². The fraction of sp³-hybridized carbons (Fsp3) is 0.267. The third-order valence-corrected chi connectivity index (χ3v) is 3.52. The Morgan fingerprint density at radius 2 is 1.93 bits per heavy atom. The smallest absolute Gasteiger partial charge is 0.344 e. The summed E-state index contributed by atoms with van der Waals surface area (Å²) in [5.74, 6) is -3.20. The Hall–Kier alpha value is -3.44. The maximum absolute atomic E-state index is 12.6. The third-order valence-electron chi connectivity index (χ3n) is 3.52. The molecule has 144 valence electrons. The molecular weight excluding hydrogens is 373 g/mol. The third kappa shape index (κ3) is 4.40. The zero-order valence-corrected chi connectivity index (χ0v) is 13.6. The number of hydrogen-bond acceptors (Lipinski definition) is 5. The van der Waals surface area contributed by atoms with Gasteiger partial charge in [-0.3, -0.25) is 24.2 Å². The van der Waals surface area contributed by atoms with Gasteiger partial charge in [0.1, 0.15) is 18.1 Å². The molecule has 0 aliphatic rings. The number of alkyl halides is 3. The average molecular weight is 386 g/mol. The van der Waals surface area contributed by atoms with Gasteiger partial charge in [-0.2, -0.15) is 13.2 Å². The second-order valence-corrected chi connectivity index (χ2v) is 5.45. The van der Waals surface area contributed by atoms with E-state index in [0.29, 0.717) is 0 Å². The quantitative estimate of drug-likeness (QED) is 0.580. The maximum Gasteiger partial charge on any atom is 0.452 e. The van der Waals surface area contributed by atoms with E-state index in [9.17, 15) is 37.1 Å². The number of pyridine rings is 1. The molecule has 0 saturated heterocycles. The molecule has 12 heteroatoms. The number of halogens is 3. The van der Waals surface area contributed by atoms with Crippen molar-refractivity contribution in [3.05, 3.63) is 56.1 Å². The van der Waals surface area contributed by atoms with E-state index < -0.39 is 53.7 Å². The average Bonchev–Trinajstić information content (AvgIpc) is 2.56. The minimum atomic E-state index is -5.15. The first-order valence-electron chi connectivity index (χ1n) is 7.41. The molecule has 0 saturated carbocycles. The van der Waals surface area contributed by atoms with Gasteiger partial charge in [0.2, 0.25) is 5.91 Å². The molecule has 0 aromatic carbocycles. The van der Waals surface area contributed by atoms with Gasteiger partial charge in [0.25, 0.3) is 16.9 Å². The second-order valence-electron chi connectivity index (χ2n) is 5.45. The molecule has 9 nitrogen and oxygen atoms in total. The number of Topliss-reactive ketones (excluding diaryl/α,β-unsaturated/α-hetero) is 1. The van der Waals surface area contributed by atoms with E-state index in [1.165, 1.54) is 0 Å². The Bertz CT molecular complexity index is 1080. The molecule has 0 bridgehead atoms. The van der Waals surface area contributed by atoms with Gasteiger partial charge in [-0.1, -0.05) is 6.08 Å². The van der Waals surface area contributed by atoms with Crippen molar-refractivity contribution in [2.75, 3.05) is 0 Å². The molecule has 0 radical (unpaired) electrons. The molecule has 2 heterocycles. The van der Waals surface area contributed by atoms with E-state index in [0.717, 1.165) is 22.9 Å². The summed E-state index contributed by atoms with van der Waals surface area (Å²) in [6.07, 6.45) is -3.51. The number of carbonyl (C=O) groups is 2. The Kier molecular flexibility index (Phi) is 5.47. The SMILES string of the molecule is C=CCC(NC(=O)Cn1ccc2c(=O)[nH]c(=O)[nH]c2c1=O)C(=O)C(F)(F)F. The minimum Gasteiger partial charge on any atom is -0.344 e. The van der Waals surface area contributed by atoms with Crippen LogP contribution in [-0.4, -0.2) is 38.4 Å². The summed E-state index contributed by atoms with van der Waals surface area (Å²) >= 11 is 0. The van der Waals surface area contributed by atoms with Crippen molar-refractivity contribution >= 4 is 22.6 Å². The lowest BCUT2D eigenvalue weighted by atomic mass is 10.1. The largest absolute Gasteiger partial charge is 0.452 e. The number of hydrogen-bond donors (Lipinski definition) is 3. The first kappa shape index (κ1) is 19.9. The Morgan fingerprint density at radius 3 is 2.52 bits per heavy atom. The zero-order chi connectivity index (χ0) is 20.4. The van der Waals surface area contributed by atoms with Crippen LogP contribution in [0.5, 0.6) is 0 Å². The van der Waals surface area contributed by atoms with Crippen LogP contribution in [0.1, 0.15) is 6.42 Å². The van der Waals surface area contributed by atoms with Gasteiger partial charge in [0.05, 0.1) is 5.39 Å². The van der Waals surface area contributed by atoms with Crippen LogP contribution < -0.4 is 22.1 Å². The van der Waals surface area contributed by atoms with Crippen LogP contribution in [0.25, 0.3) is 10.9 Å². The molecule has 0 fully saturated rings. The van der Waals surface area contributed by atoms with Crippen molar-refractivity contribution in [3.8, 4) is 0 Å². The molecule has 2 aromatic rings. The highest BCUT2D eigenvalue weighted by Gasteiger charge is 2.43. The fourth-order valence-electron chi connectivity index (χ4n) is 2.31. The van der Waals surface area contributed by atoms with E-state index in [1.54, 1.807) is 0 Å². The summed E-state index contributed by atoms with van der Waals surface area (Å²) in [7, 11) is 0. The number of nitrogens with one attached hydrogen (secondary N) is 3. The molecule has 3 N–H and O–H groups in total. The molecule has 0 aliphatic heterocycles. The standard InChI is InChI=1S/C15H13F3N4O5/c1-2-3-8(11(24)15(16,17)18)19-9(23)6-22-5-4-7-10(13(22)26)20-14(27)21-12(7)25/h2,4-5,8H,1,3,6H2,(H,19,23)(H2,20,21,25,27). The Labute approximate surface area is 147 Å². The van der Waals surface area contributed by atoms with Crippen molar-refractivity contribution < 1.29 is 22.8 Å². The van der Waals surface area contributed by atoms with Crippen LogP contribution >= 0.6 is 0 Å². The first-order valence-corrected chi connectivity index (χ1v) is 7.41. The lowest BCUT2D eigenvalue weighted by Gasteiger charge is -2.18. The minimum absolute atomic E-state index is 0.131. The number of aromatic amines is 2. The van der Waals surface area contributed by atoms with E-state index in [1.807, 2.05) is 10.3 Å². The maximum atomic E-state index is 12.6. The zero-order valence-electron chi connectivity index (χ0n) is 13.6. The summed E-state index contributed by atoms with van der Waals surface area (Å²) in [5, 5.41) is 1.76. The fourth-order valence-corrected chi connectivity index (χ4v) is 2.31. The second kappa shape index (κ2) is 7.43. The van der Waals surface area contributed by atoms with Gasteiger partial charge < -0.3 is 14.9 Å². The van der Waals surface area contributed by atoms with Crippen LogP contribution in [0, 0.1) is 0 Å². The molecule has 1 unspecified atom stereocenters. The normalized spacial score (nSPS) is 12.6. The number of amides is 1. The van der Waals surface area contributed by atoms with Gasteiger partial charge in [-0.15, -0.1) is 6.58 Å². The Balaban J connectivity index is 2.29. The molecule has 0 aliphatic carbocycles. The van der Waals surface area contributed by atoms with Gasteiger partial charge in [-0.25, -0.2) is 4.79 Å². The van der Waals surface area contributed by atoms with Crippen molar-refractivity contribution in [2.45, 2.75) is 25.2 Å². The highest BCUT2D eigenvalue weighted by atomic mass is 19.4. The molecule has 27 heavy (non-hydrogen) atoms. The van der Waals surface area contributed by atoms with Gasteiger partial charge in [0.15, 0.2) is 0 Å². The van der Waals surface area contributed by atoms with E-state index in [-0.39, 0.29) is 10.9 Å². The number of nitrogens with zero attached hydrogens (tertiary/aromatic N) is 1. The van der Waals surface area contributed by atoms with Crippen LogP contribution in [0.4, 0.5) is 13.2 Å². The highest BCUT2D eigenvalue weighted by molar-refractivity contribution is 5.92. The molecular formula is C15H13F3N4O5. The molecule has 1 amide bonds. The van der Waals surface area contributed by atoms with Crippen molar-refractivity contribution in [3.63, 3.8) is 0 Å². The number of H-pyrrole nitrogens is 2. The van der Waals surface area contributed by atoms with Crippen LogP contribution in [-0.2, 0) is 16.1 Å². The molecule has 2 rings (SSSR count). The van der Waals surface area contributed by atoms with E-state index >= 15 is 0 Å². The summed E-state index contributed by atoms with van der Waals surface area (Å²) in [4.78, 5) is 62.5. The van der Waals surface area contributed by atoms with Crippen LogP contribution in [0.2, 0.25) is 0 Å². The molecule has 0 spiro atoms. The summed E-state index contributed by atoms with van der Waals surface area (Å²) < 4.78 is 38.4. The molecule has 2 aromatic heterocycles. The number of fused-ring (bicyclic) bond motifs is 1.